The van der Waals surface area contributed by atoms with E-state index in [0.717, 1.165) is 17.5 Å². The Labute approximate surface area is 164 Å². The number of hydrogen-bond acceptors (Lipinski definition) is 4. The van der Waals surface area contributed by atoms with Crippen molar-refractivity contribution in [2.75, 3.05) is 0 Å². The van der Waals surface area contributed by atoms with Crippen LogP contribution >= 0.6 is 0 Å². The Balaban J connectivity index is 2.21. The number of carbonyl (C=O) groups excluding carboxylic acids is 3. The third kappa shape index (κ3) is 5.87. The highest BCUT2D eigenvalue weighted by atomic mass is 16.2. The van der Waals surface area contributed by atoms with Gasteiger partial charge in [0.2, 0.25) is 5.78 Å². The quantitative estimate of drug-likeness (QED) is 0.654. The molecule has 6 nitrogen and oxygen atoms in total. The fourth-order valence-electron chi connectivity index (χ4n) is 2.68. The van der Waals surface area contributed by atoms with Crippen LogP contribution in [0.4, 0.5) is 0 Å². The number of unbranched alkanes of at least 4 members (excludes halogenated alkanes) is 1. The summed E-state index contributed by atoms with van der Waals surface area (Å²) in [5, 5.41) is 2.63. The van der Waals surface area contributed by atoms with Crippen LogP contribution in [-0.2, 0) is 9.59 Å². The minimum atomic E-state index is -1.05. The fraction of sp³-hybridized carbons (Fsp3) is 0.273. The summed E-state index contributed by atoms with van der Waals surface area (Å²) >= 11 is 0. The summed E-state index contributed by atoms with van der Waals surface area (Å²) in [4.78, 5) is 40.3. The molecule has 0 aliphatic carbocycles. The number of ketones is 1. The molecule has 2 amide bonds. The van der Waals surface area contributed by atoms with Crippen molar-refractivity contribution in [3.8, 4) is 0 Å². The summed E-state index contributed by atoms with van der Waals surface area (Å²) in [6.45, 7) is 3.97. The first kappa shape index (κ1) is 21.0. The zero-order valence-electron chi connectivity index (χ0n) is 16.1. The number of nitrogens with one attached hydrogen (secondary N) is 1. The largest absolute Gasteiger partial charge is 0.363 e. The number of aromatic nitrogens is 1. The van der Waals surface area contributed by atoms with Crippen molar-refractivity contribution in [3.05, 3.63) is 65.0 Å². The summed E-state index contributed by atoms with van der Waals surface area (Å²) in [7, 11) is 0. The molecule has 1 heterocycles. The second-order valence-electron chi connectivity index (χ2n) is 6.58. The van der Waals surface area contributed by atoms with Gasteiger partial charge in [-0.2, -0.15) is 0 Å². The third-order valence-corrected chi connectivity index (χ3v) is 4.31. The SMILES string of the molecule is CCCCC(NC(=O)c1cccnc1C=Cc1ccc(C)cc1)C(=O)C(N)=O. The third-order valence-electron chi connectivity index (χ3n) is 4.31. The highest BCUT2D eigenvalue weighted by Gasteiger charge is 2.25. The molecule has 0 radical (unpaired) electrons. The zero-order valence-corrected chi connectivity index (χ0v) is 16.1. The molecule has 6 heteroatoms. The molecule has 1 atom stereocenters. The van der Waals surface area contributed by atoms with Crippen molar-refractivity contribution in [1.29, 1.82) is 0 Å². The molecule has 0 saturated carbocycles. The molecular formula is C22H25N3O3. The summed E-state index contributed by atoms with van der Waals surface area (Å²) in [6.07, 6.45) is 7.08. The van der Waals surface area contributed by atoms with Crippen molar-refractivity contribution >= 4 is 29.7 Å². The van der Waals surface area contributed by atoms with Gasteiger partial charge in [-0.3, -0.25) is 19.4 Å². The summed E-state index contributed by atoms with van der Waals surface area (Å²) in [6, 6.07) is 10.3. The lowest BCUT2D eigenvalue weighted by Crippen LogP contribution is -2.46. The van der Waals surface area contributed by atoms with Gasteiger partial charge in [-0.1, -0.05) is 55.7 Å². The number of nitrogens with zero attached hydrogens (tertiary/aromatic N) is 1. The normalized spacial score (nSPS) is 11.9. The molecule has 0 fully saturated rings. The average Bonchev–Trinajstić information content (AvgIpc) is 2.70. The molecule has 3 N–H and O–H groups in total. The van der Waals surface area contributed by atoms with Crippen molar-refractivity contribution in [1.82, 2.24) is 10.3 Å². The second kappa shape index (κ2) is 10.2. The Bertz CT molecular complexity index is 873. The van der Waals surface area contributed by atoms with Crippen LogP contribution in [0.15, 0.2) is 42.6 Å². The number of primary amides is 1. The molecule has 0 saturated heterocycles. The maximum Gasteiger partial charge on any atom is 0.287 e. The first-order valence-electron chi connectivity index (χ1n) is 9.26. The van der Waals surface area contributed by atoms with Crippen molar-refractivity contribution in [2.45, 2.75) is 39.2 Å². The van der Waals surface area contributed by atoms with Gasteiger partial charge >= 0.3 is 0 Å². The van der Waals surface area contributed by atoms with Crippen molar-refractivity contribution in [3.63, 3.8) is 0 Å². The van der Waals surface area contributed by atoms with Gasteiger partial charge < -0.3 is 11.1 Å². The van der Waals surface area contributed by atoms with E-state index in [4.69, 9.17) is 5.73 Å². The van der Waals surface area contributed by atoms with E-state index < -0.39 is 23.6 Å². The monoisotopic (exact) mass is 379 g/mol. The lowest BCUT2D eigenvalue weighted by atomic mass is 10.0. The molecule has 0 spiro atoms. The molecule has 0 bridgehead atoms. The number of carbonyl (C=O) groups is 3. The Morgan fingerprint density at radius 2 is 1.86 bits per heavy atom. The van der Waals surface area contributed by atoms with Gasteiger partial charge in [-0.15, -0.1) is 0 Å². The average molecular weight is 379 g/mol. The first-order valence-corrected chi connectivity index (χ1v) is 9.26. The van der Waals surface area contributed by atoms with E-state index in [1.54, 1.807) is 24.4 Å². The maximum absolute atomic E-state index is 12.7. The van der Waals surface area contributed by atoms with Crippen LogP contribution in [0.5, 0.6) is 0 Å². The number of hydrogen-bond donors (Lipinski definition) is 2. The highest BCUT2D eigenvalue weighted by molar-refractivity contribution is 6.38. The van der Waals surface area contributed by atoms with Crippen molar-refractivity contribution < 1.29 is 14.4 Å². The van der Waals surface area contributed by atoms with E-state index in [2.05, 4.69) is 10.3 Å². The molecule has 1 unspecified atom stereocenters. The molecule has 28 heavy (non-hydrogen) atoms. The van der Waals surface area contributed by atoms with Crippen LogP contribution < -0.4 is 11.1 Å². The predicted molar refractivity (Wildman–Crippen MR) is 109 cm³/mol. The smallest absolute Gasteiger partial charge is 0.287 e. The van der Waals surface area contributed by atoms with Crippen LogP contribution in [0.1, 0.15) is 53.4 Å². The van der Waals surface area contributed by atoms with Crippen LogP contribution in [0.25, 0.3) is 12.2 Å². The molecular weight excluding hydrogens is 354 g/mol. The first-order chi connectivity index (χ1) is 13.4. The summed E-state index contributed by atoms with van der Waals surface area (Å²) in [5.41, 5.74) is 8.05. The minimum Gasteiger partial charge on any atom is -0.363 e. The standard InChI is InChI=1S/C22H25N3O3/c1-3-4-7-19(20(26)21(23)27)25-22(28)17-6-5-14-24-18(17)13-12-16-10-8-15(2)9-11-16/h5-6,8-14,19H,3-4,7H2,1-2H3,(H2,23,27)(H,25,28). The van der Waals surface area contributed by atoms with E-state index in [1.807, 2.05) is 44.2 Å². The van der Waals surface area contributed by atoms with Gasteiger partial charge in [0.05, 0.1) is 17.3 Å². The van der Waals surface area contributed by atoms with E-state index >= 15 is 0 Å². The molecule has 0 aliphatic heterocycles. The summed E-state index contributed by atoms with van der Waals surface area (Å²) < 4.78 is 0. The summed E-state index contributed by atoms with van der Waals surface area (Å²) in [5.74, 6) is -2.30. The van der Waals surface area contributed by atoms with Crippen molar-refractivity contribution in [2.24, 2.45) is 5.73 Å². The molecule has 2 rings (SSSR count). The number of Topliss-reactive ketones (excluding diaryl/α,β-unsaturated/α-hetero) is 1. The number of pyridine rings is 1. The van der Waals surface area contributed by atoms with Crippen LogP contribution in [0.3, 0.4) is 0 Å². The number of amides is 2. The molecule has 0 aliphatic rings. The van der Waals surface area contributed by atoms with Crippen LogP contribution in [0, 0.1) is 6.92 Å². The van der Waals surface area contributed by atoms with Gasteiger partial charge in [0.1, 0.15) is 0 Å². The Morgan fingerprint density at radius 1 is 1.14 bits per heavy atom. The zero-order chi connectivity index (χ0) is 20.5. The molecule has 1 aromatic carbocycles. The second-order valence-corrected chi connectivity index (χ2v) is 6.58. The molecule has 1 aromatic heterocycles. The Kier molecular flexibility index (Phi) is 7.63. The molecule has 2 aromatic rings. The van der Waals surface area contributed by atoms with E-state index in [-0.39, 0.29) is 0 Å². The van der Waals surface area contributed by atoms with Gasteiger partial charge in [0.15, 0.2) is 0 Å². The lowest BCUT2D eigenvalue weighted by molar-refractivity contribution is -0.137. The Morgan fingerprint density at radius 3 is 2.50 bits per heavy atom. The topological polar surface area (TPSA) is 102 Å². The van der Waals surface area contributed by atoms with E-state index in [9.17, 15) is 14.4 Å². The number of benzene rings is 1. The van der Waals surface area contributed by atoms with Gasteiger partial charge in [-0.05, 0) is 37.1 Å². The lowest BCUT2D eigenvalue weighted by Gasteiger charge is -2.16. The van der Waals surface area contributed by atoms with Gasteiger partial charge in [0.25, 0.3) is 11.8 Å². The van der Waals surface area contributed by atoms with E-state index in [0.29, 0.717) is 24.1 Å². The maximum atomic E-state index is 12.7. The predicted octanol–water partition coefficient (Wildman–Crippen LogP) is 2.90. The number of nitrogens with two attached hydrogens (primary N) is 1. The van der Waals surface area contributed by atoms with Crippen LogP contribution in [-0.4, -0.2) is 28.6 Å². The number of aryl methyl sites for hydroxylation is 1. The molecule has 146 valence electrons. The highest BCUT2D eigenvalue weighted by Crippen LogP contribution is 2.13. The Hall–Kier alpha value is -3.28. The van der Waals surface area contributed by atoms with Crippen LogP contribution in [0.2, 0.25) is 0 Å². The van der Waals surface area contributed by atoms with Gasteiger partial charge in [0, 0.05) is 6.20 Å². The van der Waals surface area contributed by atoms with Gasteiger partial charge in [-0.25, -0.2) is 0 Å². The minimum absolute atomic E-state index is 0.324. The number of rotatable bonds is 9. The van der Waals surface area contributed by atoms with E-state index in [1.165, 1.54) is 0 Å². The fourth-order valence-corrected chi connectivity index (χ4v) is 2.68.